The van der Waals surface area contributed by atoms with Crippen molar-refractivity contribution in [3.63, 3.8) is 0 Å². The van der Waals surface area contributed by atoms with Gasteiger partial charge < -0.3 is 15.4 Å². The van der Waals surface area contributed by atoms with Crippen molar-refractivity contribution in [3.05, 3.63) is 53.6 Å². The maximum atomic E-state index is 12.3. The van der Waals surface area contributed by atoms with Crippen molar-refractivity contribution in [3.8, 4) is 5.75 Å². The van der Waals surface area contributed by atoms with E-state index in [1.54, 1.807) is 37.4 Å². The molecule has 1 amide bonds. The third kappa shape index (κ3) is 5.05. The van der Waals surface area contributed by atoms with Gasteiger partial charge in [-0.25, -0.2) is 0 Å². The zero-order valence-corrected chi connectivity index (χ0v) is 15.0. The van der Waals surface area contributed by atoms with Crippen LogP contribution in [0.4, 0.5) is 11.6 Å². The molecule has 0 fully saturated rings. The molecular weight excluding hydrogens is 328 g/mol. The van der Waals surface area contributed by atoms with Crippen LogP contribution in [-0.2, 0) is 0 Å². The van der Waals surface area contributed by atoms with E-state index in [4.69, 9.17) is 4.74 Å². The third-order valence-corrected chi connectivity index (χ3v) is 4.38. The molecule has 1 aliphatic carbocycles. The van der Waals surface area contributed by atoms with E-state index < -0.39 is 0 Å². The van der Waals surface area contributed by atoms with Gasteiger partial charge in [0.1, 0.15) is 11.6 Å². The van der Waals surface area contributed by atoms with Crippen molar-refractivity contribution in [1.82, 2.24) is 10.2 Å². The number of hydrogen-bond acceptors (Lipinski definition) is 5. The van der Waals surface area contributed by atoms with E-state index in [1.807, 2.05) is 6.07 Å². The molecule has 0 saturated carbocycles. The van der Waals surface area contributed by atoms with Gasteiger partial charge in [-0.2, -0.15) is 0 Å². The molecule has 0 saturated heterocycles. The summed E-state index contributed by atoms with van der Waals surface area (Å²) in [4.78, 5) is 12.3. The predicted octanol–water partition coefficient (Wildman–Crippen LogP) is 4.04. The Labute approximate surface area is 153 Å². The van der Waals surface area contributed by atoms with E-state index in [9.17, 15) is 4.79 Å². The summed E-state index contributed by atoms with van der Waals surface area (Å²) in [6.45, 7) is 0.843. The minimum atomic E-state index is -0.247. The van der Waals surface area contributed by atoms with Gasteiger partial charge in [-0.3, -0.25) is 4.79 Å². The monoisotopic (exact) mass is 352 g/mol. The average molecular weight is 352 g/mol. The molecule has 2 N–H and O–H groups in total. The summed E-state index contributed by atoms with van der Waals surface area (Å²) in [6.07, 6.45) is 8.42. The van der Waals surface area contributed by atoms with E-state index in [1.165, 1.54) is 31.3 Å². The minimum Gasteiger partial charge on any atom is -0.497 e. The molecule has 0 atom stereocenters. The first-order chi connectivity index (χ1) is 12.7. The van der Waals surface area contributed by atoms with Crippen LogP contribution in [0.25, 0.3) is 0 Å². The van der Waals surface area contributed by atoms with Crippen LogP contribution in [0.5, 0.6) is 5.75 Å². The molecule has 0 bridgehead atoms. The molecule has 26 heavy (non-hydrogen) atoms. The van der Waals surface area contributed by atoms with E-state index in [0.29, 0.717) is 22.9 Å². The Morgan fingerprint density at radius 2 is 2.00 bits per heavy atom. The smallest absolute Gasteiger partial charge is 0.256 e. The fraction of sp³-hybridized carbons (Fsp3) is 0.350. The van der Waals surface area contributed by atoms with Crippen LogP contribution in [0.3, 0.4) is 0 Å². The Morgan fingerprint density at radius 3 is 2.73 bits per heavy atom. The number of hydrogen-bond donors (Lipinski definition) is 2. The molecule has 0 unspecified atom stereocenters. The van der Waals surface area contributed by atoms with Crippen LogP contribution in [0.15, 0.2) is 48.0 Å². The normalized spacial score (nSPS) is 13.7. The number of rotatable bonds is 7. The number of allylic oxidation sites excluding steroid dienone is 1. The summed E-state index contributed by atoms with van der Waals surface area (Å²) >= 11 is 0. The SMILES string of the molecule is COc1cccc(C(=O)Nc2ccc(NCCC3=CCCCC3)nn2)c1. The van der Waals surface area contributed by atoms with Gasteiger partial charge in [0.2, 0.25) is 0 Å². The number of benzene rings is 1. The molecular formula is C20H24N4O2. The molecule has 1 aliphatic rings. The molecule has 1 aromatic carbocycles. The predicted molar refractivity (Wildman–Crippen MR) is 103 cm³/mol. The number of anilines is 2. The van der Waals surface area contributed by atoms with Gasteiger partial charge >= 0.3 is 0 Å². The Balaban J connectivity index is 1.50. The maximum Gasteiger partial charge on any atom is 0.256 e. The van der Waals surface area contributed by atoms with Gasteiger partial charge in [-0.1, -0.05) is 17.7 Å². The second-order valence-electron chi connectivity index (χ2n) is 6.27. The zero-order valence-electron chi connectivity index (χ0n) is 15.0. The van der Waals surface area contributed by atoms with Gasteiger partial charge in [-0.05, 0) is 62.4 Å². The summed E-state index contributed by atoms with van der Waals surface area (Å²) in [7, 11) is 1.57. The Hall–Kier alpha value is -2.89. The topological polar surface area (TPSA) is 76.1 Å². The molecule has 1 heterocycles. The molecule has 0 aliphatic heterocycles. The van der Waals surface area contributed by atoms with Crippen LogP contribution >= 0.6 is 0 Å². The van der Waals surface area contributed by atoms with Crippen LogP contribution in [0, 0.1) is 0 Å². The number of nitrogens with one attached hydrogen (secondary N) is 2. The highest BCUT2D eigenvalue weighted by Crippen LogP contribution is 2.20. The van der Waals surface area contributed by atoms with Gasteiger partial charge in [0.15, 0.2) is 5.82 Å². The average Bonchev–Trinajstić information content (AvgIpc) is 2.70. The maximum absolute atomic E-state index is 12.3. The Bertz CT molecular complexity index is 772. The molecule has 3 rings (SSSR count). The number of carbonyl (C=O) groups excluding carboxylic acids is 1. The molecule has 1 aromatic heterocycles. The Morgan fingerprint density at radius 1 is 1.15 bits per heavy atom. The number of amides is 1. The standard InChI is InChI=1S/C20H24N4O2/c1-26-17-9-5-8-16(14-17)20(25)22-19-11-10-18(23-24-19)21-13-12-15-6-3-2-4-7-15/h5-6,8-11,14H,2-4,7,12-13H2,1H3,(H,21,23)(H,22,24,25). The first-order valence-corrected chi connectivity index (χ1v) is 8.95. The highest BCUT2D eigenvalue weighted by Gasteiger charge is 2.08. The highest BCUT2D eigenvalue weighted by molar-refractivity contribution is 6.03. The van der Waals surface area contributed by atoms with E-state index in [2.05, 4.69) is 26.9 Å². The largest absolute Gasteiger partial charge is 0.497 e. The quantitative estimate of drug-likeness (QED) is 0.736. The molecule has 0 spiro atoms. The lowest BCUT2D eigenvalue weighted by molar-refractivity contribution is 0.102. The van der Waals surface area contributed by atoms with Crippen molar-refractivity contribution in [1.29, 1.82) is 0 Å². The lowest BCUT2D eigenvalue weighted by Crippen LogP contribution is -2.14. The second-order valence-corrected chi connectivity index (χ2v) is 6.27. The summed E-state index contributed by atoms with van der Waals surface area (Å²) in [6, 6.07) is 10.5. The van der Waals surface area contributed by atoms with Crippen molar-refractivity contribution in [2.75, 3.05) is 24.3 Å². The number of ether oxygens (including phenoxy) is 1. The number of carbonyl (C=O) groups is 1. The lowest BCUT2D eigenvalue weighted by Gasteiger charge is -2.13. The summed E-state index contributed by atoms with van der Waals surface area (Å²) in [5.74, 6) is 1.51. The highest BCUT2D eigenvalue weighted by atomic mass is 16.5. The summed E-state index contributed by atoms with van der Waals surface area (Å²) < 4.78 is 5.13. The zero-order chi connectivity index (χ0) is 18.2. The molecule has 6 nitrogen and oxygen atoms in total. The second kappa shape index (κ2) is 8.99. The van der Waals surface area contributed by atoms with Crippen molar-refractivity contribution < 1.29 is 9.53 Å². The minimum absolute atomic E-state index is 0.247. The fourth-order valence-corrected chi connectivity index (χ4v) is 2.93. The molecule has 2 aromatic rings. The first-order valence-electron chi connectivity index (χ1n) is 8.95. The van der Waals surface area contributed by atoms with Gasteiger partial charge in [0.25, 0.3) is 5.91 Å². The lowest BCUT2D eigenvalue weighted by atomic mass is 9.97. The van der Waals surface area contributed by atoms with E-state index >= 15 is 0 Å². The number of methoxy groups -OCH3 is 1. The number of nitrogens with zero attached hydrogens (tertiary/aromatic N) is 2. The van der Waals surface area contributed by atoms with Crippen LogP contribution in [0.2, 0.25) is 0 Å². The first kappa shape index (κ1) is 17.9. The van der Waals surface area contributed by atoms with E-state index in [0.717, 1.165) is 13.0 Å². The van der Waals surface area contributed by atoms with Gasteiger partial charge in [0, 0.05) is 12.1 Å². The third-order valence-electron chi connectivity index (χ3n) is 4.38. The Kier molecular flexibility index (Phi) is 6.19. The summed E-state index contributed by atoms with van der Waals surface area (Å²) in [5, 5.41) is 14.2. The van der Waals surface area contributed by atoms with Gasteiger partial charge in [-0.15, -0.1) is 10.2 Å². The molecule has 0 radical (unpaired) electrons. The van der Waals surface area contributed by atoms with E-state index in [-0.39, 0.29) is 5.91 Å². The molecule has 136 valence electrons. The van der Waals surface area contributed by atoms with Crippen molar-refractivity contribution in [2.24, 2.45) is 0 Å². The molecule has 6 heteroatoms. The fourth-order valence-electron chi connectivity index (χ4n) is 2.93. The van der Waals surface area contributed by atoms with Crippen molar-refractivity contribution in [2.45, 2.75) is 32.1 Å². The van der Waals surface area contributed by atoms with Crippen LogP contribution < -0.4 is 15.4 Å². The van der Waals surface area contributed by atoms with Crippen LogP contribution in [0.1, 0.15) is 42.5 Å². The summed E-state index contributed by atoms with van der Waals surface area (Å²) in [5.41, 5.74) is 2.04. The number of aromatic nitrogens is 2. The van der Waals surface area contributed by atoms with Crippen LogP contribution in [-0.4, -0.2) is 29.8 Å². The van der Waals surface area contributed by atoms with Crippen molar-refractivity contribution >= 4 is 17.5 Å². The van der Waals surface area contributed by atoms with Gasteiger partial charge in [0.05, 0.1) is 7.11 Å².